The van der Waals surface area contributed by atoms with Crippen LogP contribution < -0.4 is 10.1 Å². The molecule has 1 unspecified atom stereocenters. The van der Waals surface area contributed by atoms with Crippen molar-refractivity contribution in [3.05, 3.63) is 24.3 Å². The molecule has 7 nitrogen and oxygen atoms in total. The first-order valence-electron chi connectivity index (χ1n) is 8.59. The molecule has 0 aromatic heterocycles. The highest BCUT2D eigenvalue weighted by atomic mass is 16.5. The molecule has 1 aromatic carbocycles. The van der Waals surface area contributed by atoms with Gasteiger partial charge in [-0.2, -0.15) is 10.1 Å². The van der Waals surface area contributed by atoms with Crippen molar-refractivity contribution in [1.29, 1.82) is 0 Å². The smallest absolute Gasteiger partial charge is 0.334 e. The van der Waals surface area contributed by atoms with Crippen molar-refractivity contribution in [2.45, 2.75) is 46.8 Å². The SMILES string of the molecule is COc1ccccc1NC(=O)C(=O)N1N=C(C(C)C)CC1(O)C(C)(C)C. The van der Waals surface area contributed by atoms with E-state index < -0.39 is 23.0 Å². The fraction of sp³-hybridized carbons (Fsp3) is 0.526. The number of nitrogens with one attached hydrogen (secondary N) is 1. The summed E-state index contributed by atoms with van der Waals surface area (Å²) in [6.45, 7) is 9.30. The van der Waals surface area contributed by atoms with Gasteiger partial charge in [-0.1, -0.05) is 46.8 Å². The zero-order valence-corrected chi connectivity index (χ0v) is 16.2. The lowest BCUT2D eigenvalue weighted by Gasteiger charge is -2.41. The zero-order chi connectivity index (χ0) is 19.7. The quantitative estimate of drug-likeness (QED) is 0.810. The highest BCUT2D eigenvalue weighted by molar-refractivity contribution is 6.40. The molecule has 142 valence electrons. The van der Waals surface area contributed by atoms with Crippen molar-refractivity contribution in [1.82, 2.24) is 5.01 Å². The molecule has 2 N–H and O–H groups in total. The molecule has 1 atom stereocenters. The third-order valence-electron chi connectivity index (χ3n) is 4.62. The Balaban J connectivity index is 2.31. The van der Waals surface area contributed by atoms with E-state index in [1.54, 1.807) is 24.3 Å². The number of anilines is 1. The van der Waals surface area contributed by atoms with E-state index in [1.165, 1.54) is 7.11 Å². The van der Waals surface area contributed by atoms with Crippen LogP contribution in [-0.4, -0.2) is 40.5 Å². The summed E-state index contributed by atoms with van der Waals surface area (Å²) in [6, 6.07) is 6.79. The average molecular weight is 361 g/mol. The topological polar surface area (TPSA) is 91.2 Å². The summed E-state index contributed by atoms with van der Waals surface area (Å²) < 4.78 is 5.18. The van der Waals surface area contributed by atoms with Crippen molar-refractivity contribution in [2.75, 3.05) is 12.4 Å². The first kappa shape index (κ1) is 19.9. The van der Waals surface area contributed by atoms with E-state index in [9.17, 15) is 14.7 Å². The van der Waals surface area contributed by atoms with E-state index in [1.807, 2.05) is 34.6 Å². The van der Waals surface area contributed by atoms with Crippen molar-refractivity contribution < 1.29 is 19.4 Å². The average Bonchev–Trinajstić information content (AvgIpc) is 2.93. The molecule has 0 aliphatic carbocycles. The van der Waals surface area contributed by atoms with Gasteiger partial charge in [0, 0.05) is 17.5 Å². The lowest BCUT2D eigenvalue weighted by molar-refractivity contribution is -0.183. The molecule has 2 rings (SSSR count). The number of carbonyl (C=O) groups excluding carboxylic acids is 2. The lowest BCUT2D eigenvalue weighted by atomic mass is 9.79. The highest BCUT2D eigenvalue weighted by Crippen LogP contribution is 2.41. The predicted molar refractivity (Wildman–Crippen MR) is 99.8 cm³/mol. The Morgan fingerprint density at radius 3 is 2.46 bits per heavy atom. The fourth-order valence-electron chi connectivity index (χ4n) is 2.71. The van der Waals surface area contributed by atoms with E-state index in [0.717, 1.165) is 5.01 Å². The highest BCUT2D eigenvalue weighted by Gasteiger charge is 2.53. The van der Waals surface area contributed by atoms with Crippen LogP contribution in [0.15, 0.2) is 29.4 Å². The normalized spacial score (nSPS) is 20.2. The standard InChI is InChI=1S/C19H27N3O4/c1-12(2)14-11-19(25,18(3,4)5)22(21-14)17(24)16(23)20-13-9-7-8-10-15(13)26-6/h7-10,12,25H,11H2,1-6H3,(H,20,23). The predicted octanol–water partition coefficient (Wildman–Crippen LogP) is 2.61. The molecule has 0 saturated carbocycles. The summed E-state index contributed by atoms with van der Waals surface area (Å²) in [7, 11) is 1.48. The number of methoxy groups -OCH3 is 1. The number of amides is 2. The molecule has 0 spiro atoms. The molecular weight excluding hydrogens is 334 g/mol. The fourth-order valence-corrected chi connectivity index (χ4v) is 2.71. The first-order chi connectivity index (χ1) is 12.0. The van der Waals surface area contributed by atoms with Gasteiger partial charge in [0.2, 0.25) is 0 Å². The van der Waals surface area contributed by atoms with E-state index in [4.69, 9.17) is 4.74 Å². The van der Waals surface area contributed by atoms with Crippen LogP contribution in [0.1, 0.15) is 41.0 Å². The van der Waals surface area contributed by atoms with Gasteiger partial charge in [0.1, 0.15) is 5.75 Å². The Bertz CT molecular complexity index is 737. The number of hydrogen-bond donors (Lipinski definition) is 2. The zero-order valence-electron chi connectivity index (χ0n) is 16.2. The summed E-state index contributed by atoms with van der Waals surface area (Å²) in [5.41, 5.74) is -1.20. The second-order valence-corrected chi connectivity index (χ2v) is 7.76. The molecule has 0 radical (unpaired) electrons. The summed E-state index contributed by atoms with van der Waals surface area (Å²) in [6.07, 6.45) is 0.210. The minimum Gasteiger partial charge on any atom is -0.495 e. The van der Waals surface area contributed by atoms with Gasteiger partial charge in [0.15, 0.2) is 5.72 Å². The summed E-state index contributed by atoms with van der Waals surface area (Å²) in [5, 5.41) is 18.9. The maximum Gasteiger partial charge on any atom is 0.334 e. The first-order valence-corrected chi connectivity index (χ1v) is 8.59. The molecule has 1 aliphatic rings. The van der Waals surface area contributed by atoms with Crippen molar-refractivity contribution in [3.63, 3.8) is 0 Å². The van der Waals surface area contributed by atoms with E-state index in [2.05, 4.69) is 10.4 Å². The van der Waals surface area contributed by atoms with Crippen LogP contribution in [0.4, 0.5) is 5.69 Å². The maximum absolute atomic E-state index is 12.8. The Labute approximate surface area is 154 Å². The van der Waals surface area contributed by atoms with Crippen LogP contribution in [0, 0.1) is 11.3 Å². The van der Waals surface area contributed by atoms with Crippen LogP contribution in [0.5, 0.6) is 5.75 Å². The lowest BCUT2D eigenvalue weighted by Crippen LogP contribution is -2.57. The van der Waals surface area contributed by atoms with Gasteiger partial charge in [-0.3, -0.25) is 9.59 Å². The van der Waals surface area contributed by atoms with Crippen molar-refractivity contribution >= 4 is 23.2 Å². The maximum atomic E-state index is 12.8. The van der Waals surface area contributed by atoms with Gasteiger partial charge >= 0.3 is 11.8 Å². The van der Waals surface area contributed by atoms with Gasteiger partial charge in [-0.15, -0.1) is 0 Å². The molecule has 2 amide bonds. The van der Waals surface area contributed by atoms with Gasteiger partial charge in [-0.25, -0.2) is 0 Å². The van der Waals surface area contributed by atoms with Gasteiger partial charge in [-0.05, 0) is 18.1 Å². The third kappa shape index (κ3) is 3.58. The number of carbonyl (C=O) groups is 2. The van der Waals surface area contributed by atoms with Crippen LogP contribution in [0.3, 0.4) is 0 Å². The molecule has 1 heterocycles. The molecule has 7 heteroatoms. The number of ether oxygens (including phenoxy) is 1. The number of rotatable bonds is 3. The van der Waals surface area contributed by atoms with Gasteiger partial charge in [0.05, 0.1) is 12.8 Å². The largest absolute Gasteiger partial charge is 0.495 e. The third-order valence-corrected chi connectivity index (χ3v) is 4.62. The molecule has 0 bridgehead atoms. The van der Waals surface area contributed by atoms with Crippen LogP contribution >= 0.6 is 0 Å². The Morgan fingerprint density at radius 1 is 1.31 bits per heavy atom. The monoisotopic (exact) mass is 361 g/mol. The minimum atomic E-state index is -1.57. The molecule has 26 heavy (non-hydrogen) atoms. The molecule has 0 saturated heterocycles. The van der Waals surface area contributed by atoms with E-state index >= 15 is 0 Å². The van der Waals surface area contributed by atoms with Crippen molar-refractivity contribution in [2.24, 2.45) is 16.4 Å². The number of hydrogen-bond acceptors (Lipinski definition) is 5. The molecule has 1 aliphatic heterocycles. The number of benzene rings is 1. The molecule has 1 aromatic rings. The van der Waals surface area contributed by atoms with E-state index in [-0.39, 0.29) is 12.3 Å². The summed E-state index contributed by atoms with van der Waals surface area (Å²) in [5.74, 6) is -1.30. The van der Waals surface area contributed by atoms with Gasteiger partial charge in [0.25, 0.3) is 0 Å². The van der Waals surface area contributed by atoms with Crippen LogP contribution in [0.25, 0.3) is 0 Å². The Morgan fingerprint density at radius 2 is 1.92 bits per heavy atom. The number of hydrazone groups is 1. The summed E-state index contributed by atoms with van der Waals surface area (Å²) >= 11 is 0. The van der Waals surface area contributed by atoms with Crippen LogP contribution in [-0.2, 0) is 9.59 Å². The van der Waals surface area contributed by atoms with Crippen molar-refractivity contribution in [3.8, 4) is 5.75 Å². The van der Waals surface area contributed by atoms with E-state index in [0.29, 0.717) is 17.1 Å². The second kappa shape index (κ2) is 7.07. The van der Waals surface area contributed by atoms with Gasteiger partial charge < -0.3 is 15.2 Å². The second-order valence-electron chi connectivity index (χ2n) is 7.76. The molecule has 0 fully saturated rings. The Hall–Kier alpha value is -2.41. The Kier molecular flexibility index (Phi) is 5.41. The number of nitrogens with zero attached hydrogens (tertiary/aromatic N) is 2. The minimum absolute atomic E-state index is 0.0546. The number of para-hydroxylation sites is 2. The number of aliphatic hydroxyl groups is 1. The summed E-state index contributed by atoms with van der Waals surface area (Å²) in [4.78, 5) is 25.3. The van der Waals surface area contributed by atoms with Crippen LogP contribution in [0.2, 0.25) is 0 Å². The molecular formula is C19H27N3O4.